The van der Waals surface area contributed by atoms with Crippen molar-refractivity contribution in [3.05, 3.63) is 17.4 Å². The van der Waals surface area contributed by atoms with Crippen LogP contribution in [0.25, 0.3) is 0 Å². The standard InChI is InChI=1S/C18H25ClN4O3/c1-12(24)23-8-6-13(7-9-23)17(25)22-15-2-4-16(5-3-15)26-18-20-10-14(19)11-21-18/h10-11,13,15-16H,2-9H2,1H3,(H,22,25). The van der Waals surface area contributed by atoms with Crippen LogP contribution >= 0.6 is 11.6 Å². The number of likely N-dealkylation sites (tertiary alicyclic amines) is 1. The second-order valence-electron chi connectivity index (χ2n) is 7.06. The molecule has 0 unspecified atom stereocenters. The summed E-state index contributed by atoms with van der Waals surface area (Å²) in [4.78, 5) is 33.8. The number of amides is 2. The average molecular weight is 381 g/mol. The molecule has 8 heteroatoms. The van der Waals surface area contributed by atoms with E-state index in [1.54, 1.807) is 6.92 Å². The Morgan fingerprint density at radius 3 is 2.31 bits per heavy atom. The SMILES string of the molecule is CC(=O)N1CCC(C(=O)NC2CCC(Oc3ncc(Cl)cn3)CC2)CC1. The Bertz CT molecular complexity index is 624. The van der Waals surface area contributed by atoms with Crippen LogP contribution in [0.1, 0.15) is 45.4 Å². The Labute approximate surface area is 158 Å². The molecule has 1 N–H and O–H groups in total. The fourth-order valence-corrected chi connectivity index (χ4v) is 3.71. The molecule has 2 heterocycles. The van der Waals surface area contributed by atoms with Gasteiger partial charge in [0.05, 0.1) is 17.4 Å². The zero-order valence-electron chi connectivity index (χ0n) is 15.0. The van der Waals surface area contributed by atoms with Crippen LogP contribution in [0.4, 0.5) is 0 Å². The van der Waals surface area contributed by atoms with E-state index in [0.717, 1.165) is 38.5 Å². The van der Waals surface area contributed by atoms with Crippen molar-refractivity contribution >= 4 is 23.4 Å². The van der Waals surface area contributed by atoms with Gasteiger partial charge < -0.3 is 15.0 Å². The fourth-order valence-electron chi connectivity index (χ4n) is 3.61. The molecule has 0 aromatic carbocycles. The molecule has 2 aliphatic rings. The van der Waals surface area contributed by atoms with Crippen LogP contribution in [-0.2, 0) is 9.59 Å². The number of carbonyl (C=O) groups excluding carboxylic acids is 2. The van der Waals surface area contributed by atoms with Gasteiger partial charge in [-0.05, 0) is 38.5 Å². The first-order chi connectivity index (χ1) is 12.5. The number of nitrogens with zero attached hydrogens (tertiary/aromatic N) is 3. The lowest BCUT2D eigenvalue weighted by Crippen LogP contribution is -2.46. The third kappa shape index (κ3) is 5.06. The van der Waals surface area contributed by atoms with E-state index in [9.17, 15) is 9.59 Å². The number of nitrogens with one attached hydrogen (secondary N) is 1. The van der Waals surface area contributed by atoms with Crippen molar-refractivity contribution in [1.82, 2.24) is 20.2 Å². The number of hydrogen-bond acceptors (Lipinski definition) is 5. The summed E-state index contributed by atoms with van der Waals surface area (Å²) in [5.74, 6) is 0.229. The molecule has 2 fully saturated rings. The molecule has 2 amide bonds. The molecule has 0 radical (unpaired) electrons. The summed E-state index contributed by atoms with van der Waals surface area (Å²) in [5.41, 5.74) is 0. The third-order valence-corrected chi connectivity index (χ3v) is 5.40. The summed E-state index contributed by atoms with van der Waals surface area (Å²) in [5, 5.41) is 3.66. The highest BCUT2D eigenvalue weighted by atomic mass is 35.5. The monoisotopic (exact) mass is 380 g/mol. The van der Waals surface area contributed by atoms with Crippen LogP contribution in [0.5, 0.6) is 6.01 Å². The number of ether oxygens (including phenoxy) is 1. The van der Waals surface area contributed by atoms with Gasteiger partial charge in [0.2, 0.25) is 11.8 Å². The summed E-state index contributed by atoms with van der Waals surface area (Å²) in [7, 11) is 0. The average Bonchev–Trinajstić information content (AvgIpc) is 2.65. The summed E-state index contributed by atoms with van der Waals surface area (Å²) >= 11 is 5.77. The number of rotatable bonds is 4. The lowest BCUT2D eigenvalue weighted by molar-refractivity contribution is -0.134. The van der Waals surface area contributed by atoms with Crippen LogP contribution in [0.2, 0.25) is 5.02 Å². The summed E-state index contributed by atoms with van der Waals surface area (Å²) in [6, 6.07) is 0.540. The van der Waals surface area contributed by atoms with Gasteiger partial charge in [-0.3, -0.25) is 9.59 Å². The topological polar surface area (TPSA) is 84.4 Å². The third-order valence-electron chi connectivity index (χ3n) is 5.20. The van der Waals surface area contributed by atoms with E-state index in [-0.39, 0.29) is 29.9 Å². The second-order valence-corrected chi connectivity index (χ2v) is 7.50. The molecule has 1 aromatic heterocycles. The molecule has 0 spiro atoms. The van der Waals surface area contributed by atoms with E-state index in [2.05, 4.69) is 15.3 Å². The largest absolute Gasteiger partial charge is 0.460 e. The number of piperidine rings is 1. The Morgan fingerprint density at radius 1 is 1.12 bits per heavy atom. The minimum atomic E-state index is 0.0158. The zero-order chi connectivity index (χ0) is 18.5. The van der Waals surface area contributed by atoms with Crippen molar-refractivity contribution < 1.29 is 14.3 Å². The van der Waals surface area contributed by atoms with Crippen molar-refractivity contribution in [3.8, 4) is 6.01 Å². The molecule has 7 nitrogen and oxygen atoms in total. The van der Waals surface area contributed by atoms with Gasteiger partial charge in [-0.1, -0.05) is 11.6 Å². The molecule has 1 aliphatic heterocycles. The molecule has 1 aromatic rings. The summed E-state index contributed by atoms with van der Waals surface area (Å²) in [6.07, 6.45) is 8.10. The molecule has 26 heavy (non-hydrogen) atoms. The number of halogens is 1. The number of carbonyl (C=O) groups is 2. The maximum atomic E-state index is 12.5. The van der Waals surface area contributed by atoms with Crippen LogP contribution in [0.15, 0.2) is 12.4 Å². The van der Waals surface area contributed by atoms with E-state index < -0.39 is 0 Å². The molecule has 3 rings (SSSR count). The summed E-state index contributed by atoms with van der Waals surface area (Å²) < 4.78 is 5.78. The minimum absolute atomic E-state index is 0.0158. The van der Waals surface area contributed by atoms with E-state index >= 15 is 0 Å². The molecule has 1 saturated carbocycles. The molecule has 142 valence electrons. The van der Waals surface area contributed by atoms with Gasteiger partial charge in [-0.25, -0.2) is 9.97 Å². The van der Waals surface area contributed by atoms with Crippen LogP contribution in [0.3, 0.4) is 0 Å². The van der Waals surface area contributed by atoms with Crippen LogP contribution in [0, 0.1) is 5.92 Å². The number of aromatic nitrogens is 2. The lowest BCUT2D eigenvalue weighted by atomic mass is 9.91. The second kappa shape index (κ2) is 8.66. The Hall–Kier alpha value is -1.89. The van der Waals surface area contributed by atoms with E-state index in [1.165, 1.54) is 12.4 Å². The van der Waals surface area contributed by atoms with Crippen molar-refractivity contribution in [2.45, 2.75) is 57.6 Å². The predicted molar refractivity (Wildman–Crippen MR) is 96.8 cm³/mol. The molecule has 0 atom stereocenters. The van der Waals surface area contributed by atoms with Gasteiger partial charge in [0.1, 0.15) is 6.10 Å². The zero-order valence-corrected chi connectivity index (χ0v) is 15.7. The maximum absolute atomic E-state index is 12.5. The Balaban J connectivity index is 1.39. The highest BCUT2D eigenvalue weighted by Gasteiger charge is 2.29. The smallest absolute Gasteiger partial charge is 0.316 e. The maximum Gasteiger partial charge on any atom is 0.316 e. The van der Waals surface area contributed by atoms with Crippen molar-refractivity contribution in [3.63, 3.8) is 0 Å². The molecular weight excluding hydrogens is 356 g/mol. The highest BCUT2D eigenvalue weighted by molar-refractivity contribution is 6.30. The van der Waals surface area contributed by atoms with Crippen molar-refractivity contribution in [2.24, 2.45) is 5.92 Å². The van der Waals surface area contributed by atoms with Crippen LogP contribution < -0.4 is 10.1 Å². The molecule has 0 bridgehead atoms. The first-order valence-electron chi connectivity index (χ1n) is 9.21. The first-order valence-corrected chi connectivity index (χ1v) is 9.59. The van der Waals surface area contributed by atoms with Gasteiger partial charge in [0, 0.05) is 32.0 Å². The fraction of sp³-hybridized carbons (Fsp3) is 0.667. The Kier molecular flexibility index (Phi) is 6.29. The van der Waals surface area contributed by atoms with Gasteiger partial charge in [-0.15, -0.1) is 0 Å². The highest BCUT2D eigenvalue weighted by Crippen LogP contribution is 2.24. The van der Waals surface area contributed by atoms with Crippen molar-refractivity contribution in [2.75, 3.05) is 13.1 Å². The Morgan fingerprint density at radius 2 is 1.73 bits per heavy atom. The van der Waals surface area contributed by atoms with E-state index in [0.29, 0.717) is 24.1 Å². The van der Waals surface area contributed by atoms with Crippen molar-refractivity contribution in [1.29, 1.82) is 0 Å². The van der Waals surface area contributed by atoms with Gasteiger partial charge >= 0.3 is 6.01 Å². The lowest BCUT2D eigenvalue weighted by Gasteiger charge is -2.33. The van der Waals surface area contributed by atoms with Gasteiger partial charge in [-0.2, -0.15) is 0 Å². The predicted octanol–water partition coefficient (Wildman–Crippen LogP) is 2.19. The summed E-state index contributed by atoms with van der Waals surface area (Å²) in [6.45, 7) is 2.93. The van der Waals surface area contributed by atoms with Gasteiger partial charge in [0.15, 0.2) is 0 Å². The van der Waals surface area contributed by atoms with Crippen LogP contribution in [-0.4, -0.2) is 51.9 Å². The quantitative estimate of drug-likeness (QED) is 0.865. The molecule has 1 aliphatic carbocycles. The van der Waals surface area contributed by atoms with Gasteiger partial charge in [0.25, 0.3) is 0 Å². The molecular formula is C18H25ClN4O3. The number of hydrogen-bond donors (Lipinski definition) is 1. The normalized spacial score (nSPS) is 24.2. The minimum Gasteiger partial charge on any atom is -0.460 e. The first kappa shape index (κ1) is 18.9. The van der Waals surface area contributed by atoms with E-state index in [1.807, 2.05) is 4.90 Å². The molecule has 1 saturated heterocycles. The van der Waals surface area contributed by atoms with E-state index in [4.69, 9.17) is 16.3 Å².